The largest absolute Gasteiger partial charge is 0.341 e. The van der Waals surface area contributed by atoms with Crippen molar-refractivity contribution >= 4 is 18.0 Å². The molecule has 0 aliphatic rings. The van der Waals surface area contributed by atoms with Gasteiger partial charge in [0.2, 0.25) is 0 Å². The van der Waals surface area contributed by atoms with Gasteiger partial charge in [-0.1, -0.05) is 30.3 Å². The highest BCUT2D eigenvalue weighted by molar-refractivity contribution is 6.35. The molecule has 0 aliphatic carbocycles. The minimum Gasteiger partial charge on any atom is -0.341 e. The molecule has 2 rings (SSSR count). The van der Waals surface area contributed by atoms with Gasteiger partial charge in [-0.25, -0.2) is 5.43 Å². The third kappa shape index (κ3) is 4.52. The number of carbonyl (C=O) groups is 2. The fraction of sp³-hybridized carbons (Fsp3) is 0.125. The molecule has 1 aromatic carbocycles. The molecule has 0 saturated heterocycles. The number of nitrogens with zero attached hydrogens (tertiary/aromatic N) is 2. The van der Waals surface area contributed by atoms with Crippen LogP contribution in [0.4, 0.5) is 0 Å². The summed E-state index contributed by atoms with van der Waals surface area (Å²) in [4.78, 5) is 27.3. The molecule has 22 heavy (non-hydrogen) atoms. The maximum atomic E-state index is 11.8. The number of benzene rings is 1. The van der Waals surface area contributed by atoms with E-state index in [1.165, 1.54) is 6.21 Å². The molecule has 0 radical (unpaired) electrons. The van der Waals surface area contributed by atoms with Gasteiger partial charge in [-0.05, 0) is 30.2 Å². The molecule has 0 spiro atoms. The van der Waals surface area contributed by atoms with Gasteiger partial charge in [-0.2, -0.15) is 5.10 Å². The van der Waals surface area contributed by atoms with Crippen LogP contribution in [0.2, 0.25) is 0 Å². The first-order chi connectivity index (χ1) is 10.7. The average Bonchev–Trinajstić information content (AvgIpc) is 2.56. The molecule has 1 aromatic heterocycles. The standard InChI is InChI=1S/C16H16N4O2/c1-12(14-5-3-2-4-6-14)19-15(21)16(22)20-18-11-13-7-9-17-10-8-13/h2-12H,1H3,(H,19,21)(H,20,22)/b18-11-/t12-/m1/s1. The molecule has 2 aromatic rings. The number of pyridine rings is 1. The number of rotatable bonds is 4. The second kappa shape index (κ2) is 7.68. The molecule has 0 aliphatic heterocycles. The van der Waals surface area contributed by atoms with Crippen LogP contribution in [0, 0.1) is 0 Å². The van der Waals surface area contributed by atoms with Crippen molar-refractivity contribution in [2.45, 2.75) is 13.0 Å². The Morgan fingerprint density at radius 1 is 1.09 bits per heavy atom. The second-order valence-electron chi connectivity index (χ2n) is 4.59. The van der Waals surface area contributed by atoms with Gasteiger partial charge >= 0.3 is 11.8 Å². The van der Waals surface area contributed by atoms with Crippen LogP contribution in [0.25, 0.3) is 0 Å². The lowest BCUT2D eigenvalue weighted by molar-refractivity contribution is -0.139. The normalized spacial score (nSPS) is 11.9. The summed E-state index contributed by atoms with van der Waals surface area (Å²) in [7, 11) is 0. The van der Waals surface area contributed by atoms with Crippen LogP contribution in [-0.4, -0.2) is 23.0 Å². The number of aromatic nitrogens is 1. The summed E-state index contributed by atoms with van der Waals surface area (Å²) in [5.41, 5.74) is 3.88. The SMILES string of the molecule is C[C@@H](NC(=O)C(=O)N/N=C\c1ccncc1)c1ccccc1. The molecule has 0 fully saturated rings. The van der Waals surface area contributed by atoms with Crippen LogP contribution in [0.15, 0.2) is 60.0 Å². The smallest absolute Gasteiger partial charge is 0.329 e. The first-order valence-corrected chi connectivity index (χ1v) is 6.75. The van der Waals surface area contributed by atoms with Gasteiger partial charge in [0.05, 0.1) is 12.3 Å². The van der Waals surface area contributed by atoms with Gasteiger partial charge in [0, 0.05) is 12.4 Å². The molecular formula is C16H16N4O2. The lowest BCUT2D eigenvalue weighted by atomic mass is 10.1. The van der Waals surface area contributed by atoms with Gasteiger partial charge in [0.1, 0.15) is 0 Å². The zero-order chi connectivity index (χ0) is 15.8. The zero-order valence-electron chi connectivity index (χ0n) is 12.1. The predicted molar refractivity (Wildman–Crippen MR) is 83.0 cm³/mol. The van der Waals surface area contributed by atoms with Crippen LogP contribution < -0.4 is 10.7 Å². The van der Waals surface area contributed by atoms with Crippen LogP contribution in [-0.2, 0) is 9.59 Å². The number of hydrogen-bond donors (Lipinski definition) is 2. The van der Waals surface area contributed by atoms with E-state index in [-0.39, 0.29) is 6.04 Å². The summed E-state index contributed by atoms with van der Waals surface area (Å²) in [6.07, 6.45) is 4.66. The van der Waals surface area contributed by atoms with Crippen molar-refractivity contribution in [1.82, 2.24) is 15.7 Å². The van der Waals surface area contributed by atoms with Gasteiger partial charge in [0.15, 0.2) is 0 Å². The van der Waals surface area contributed by atoms with Crippen molar-refractivity contribution in [3.63, 3.8) is 0 Å². The lowest BCUT2D eigenvalue weighted by Crippen LogP contribution is -2.39. The molecule has 1 heterocycles. The fourth-order valence-corrected chi connectivity index (χ4v) is 1.75. The van der Waals surface area contributed by atoms with E-state index in [1.807, 2.05) is 30.3 Å². The highest BCUT2D eigenvalue weighted by Crippen LogP contribution is 2.10. The Balaban J connectivity index is 1.85. The first-order valence-electron chi connectivity index (χ1n) is 6.75. The molecule has 0 saturated carbocycles. The number of hydrazone groups is 1. The maximum Gasteiger partial charge on any atom is 0.329 e. The molecule has 0 bridgehead atoms. The van der Waals surface area contributed by atoms with E-state index in [2.05, 4.69) is 20.8 Å². The zero-order valence-corrected chi connectivity index (χ0v) is 12.1. The Morgan fingerprint density at radius 3 is 2.45 bits per heavy atom. The van der Waals surface area contributed by atoms with E-state index in [0.29, 0.717) is 0 Å². The van der Waals surface area contributed by atoms with Crippen molar-refractivity contribution < 1.29 is 9.59 Å². The van der Waals surface area contributed by atoms with Crippen molar-refractivity contribution in [2.75, 3.05) is 0 Å². The monoisotopic (exact) mass is 296 g/mol. The minimum absolute atomic E-state index is 0.261. The maximum absolute atomic E-state index is 11.8. The first kappa shape index (κ1) is 15.4. The number of carbonyl (C=O) groups excluding carboxylic acids is 2. The molecule has 2 amide bonds. The molecule has 112 valence electrons. The Kier molecular flexibility index (Phi) is 5.37. The van der Waals surface area contributed by atoms with Crippen molar-refractivity contribution in [1.29, 1.82) is 0 Å². The number of nitrogens with one attached hydrogen (secondary N) is 2. The van der Waals surface area contributed by atoms with E-state index in [4.69, 9.17) is 0 Å². The summed E-state index contributed by atoms with van der Waals surface area (Å²) in [6.45, 7) is 1.81. The molecule has 6 heteroatoms. The van der Waals surface area contributed by atoms with E-state index in [9.17, 15) is 9.59 Å². The van der Waals surface area contributed by atoms with Crippen LogP contribution >= 0.6 is 0 Å². The van der Waals surface area contributed by atoms with Crippen molar-refractivity contribution in [2.24, 2.45) is 5.10 Å². The molecule has 1 atom stereocenters. The topological polar surface area (TPSA) is 83.5 Å². The van der Waals surface area contributed by atoms with Gasteiger partial charge in [-0.15, -0.1) is 0 Å². The predicted octanol–water partition coefficient (Wildman–Crippen LogP) is 1.41. The number of hydrogen-bond acceptors (Lipinski definition) is 4. The molecule has 2 N–H and O–H groups in total. The third-order valence-electron chi connectivity index (χ3n) is 2.94. The average molecular weight is 296 g/mol. The Morgan fingerprint density at radius 2 is 1.77 bits per heavy atom. The van der Waals surface area contributed by atoms with Crippen LogP contribution in [0.1, 0.15) is 24.1 Å². The minimum atomic E-state index is -0.812. The van der Waals surface area contributed by atoms with E-state index < -0.39 is 11.8 Å². The van der Waals surface area contributed by atoms with E-state index in [1.54, 1.807) is 31.5 Å². The Bertz CT molecular complexity index is 656. The van der Waals surface area contributed by atoms with Crippen molar-refractivity contribution in [3.8, 4) is 0 Å². The van der Waals surface area contributed by atoms with E-state index >= 15 is 0 Å². The summed E-state index contributed by atoms with van der Waals surface area (Å²) in [5, 5.41) is 6.34. The molecular weight excluding hydrogens is 280 g/mol. The lowest BCUT2D eigenvalue weighted by Gasteiger charge is -2.13. The van der Waals surface area contributed by atoms with Crippen molar-refractivity contribution in [3.05, 3.63) is 66.0 Å². The quantitative estimate of drug-likeness (QED) is 0.508. The van der Waals surface area contributed by atoms with Crippen LogP contribution in [0.5, 0.6) is 0 Å². The second-order valence-corrected chi connectivity index (χ2v) is 4.59. The van der Waals surface area contributed by atoms with E-state index in [0.717, 1.165) is 11.1 Å². The van der Waals surface area contributed by atoms with Gasteiger partial charge < -0.3 is 5.32 Å². The molecule has 0 unspecified atom stereocenters. The third-order valence-corrected chi connectivity index (χ3v) is 2.94. The fourth-order valence-electron chi connectivity index (χ4n) is 1.75. The molecule has 6 nitrogen and oxygen atoms in total. The number of amides is 2. The summed E-state index contributed by atoms with van der Waals surface area (Å²) >= 11 is 0. The summed E-state index contributed by atoms with van der Waals surface area (Å²) in [6, 6.07) is 12.6. The Hall–Kier alpha value is -3.02. The summed E-state index contributed by atoms with van der Waals surface area (Å²) < 4.78 is 0. The summed E-state index contributed by atoms with van der Waals surface area (Å²) in [5.74, 6) is -1.55. The highest BCUT2D eigenvalue weighted by atomic mass is 16.2. The Labute approximate surface area is 128 Å². The highest BCUT2D eigenvalue weighted by Gasteiger charge is 2.16. The van der Waals surface area contributed by atoms with Gasteiger partial charge in [-0.3, -0.25) is 14.6 Å². The van der Waals surface area contributed by atoms with Crippen LogP contribution in [0.3, 0.4) is 0 Å². The van der Waals surface area contributed by atoms with Gasteiger partial charge in [0.25, 0.3) is 0 Å².